The summed E-state index contributed by atoms with van der Waals surface area (Å²) in [5.41, 5.74) is 0. The summed E-state index contributed by atoms with van der Waals surface area (Å²) in [4.78, 5) is 0. The second kappa shape index (κ2) is 4.73. The zero-order valence-corrected chi connectivity index (χ0v) is 12.5. The molecule has 0 bridgehead atoms. The zero-order valence-electron chi connectivity index (χ0n) is 10.5. The topological polar surface area (TPSA) is 18.5 Å². The molecule has 1 rings (SSSR count). The number of rotatable bonds is 1. The van der Waals surface area contributed by atoms with Gasteiger partial charge in [0.1, 0.15) is 6.11 Å². The lowest BCUT2D eigenvalue weighted by Gasteiger charge is -2.45. The van der Waals surface area contributed by atoms with E-state index in [0.717, 1.165) is 6.42 Å². The maximum Gasteiger partial charge on any atom is 0.174 e. The van der Waals surface area contributed by atoms with Gasteiger partial charge >= 0.3 is 0 Å². The average molecular weight is 242 g/mol. The molecule has 0 amide bonds. The van der Waals surface area contributed by atoms with Crippen LogP contribution >= 0.6 is 0 Å². The Hall–Kier alpha value is -0.246. The van der Waals surface area contributed by atoms with Crippen molar-refractivity contribution in [1.82, 2.24) is 0 Å². The molecule has 0 saturated carbocycles. The molecule has 0 aromatic rings. The molecule has 0 radical (unpaired) electrons. The Kier molecular flexibility index (Phi) is 4.04. The normalized spacial score (nSPS) is 27.7. The van der Waals surface area contributed by atoms with Gasteiger partial charge < -0.3 is 9.16 Å². The minimum atomic E-state index is -1.41. The Balaban J connectivity index is 2.55. The van der Waals surface area contributed by atoms with Gasteiger partial charge in [-0.2, -0.15) is 0 Å². The fourth-order valence-electron chi connectivity index (χ4n) is 1.83. The van der Waals surface area contributed by atoms with Crippen molar-refractivity contribution < 1.29 is 9.16 Å². The molecule has 1 fully saturated rings. The third-order valence-corrected chi connectivity index (χ3v) is 20.3. The largest absolute Gasteiger partial charge is 0.450 e. The van der Waals surface area contributed by atoms with Gasteiger partial charge in [0.25, 0.3) is 0 Å². The molecule has 1 aliphatic rings. The molecular weight excluding hydrogens is 220 g/mol. The lowest BCUT2D eigenvalue weighted by Crippen LogP contribution is -2.61. The van der Waals surface area contributed by atoms with Gasteiger partial charge in [-0.05, 0) is 19.5 Å². The van der Waals surface area contributed by atoms with E-state index in [0.29, 0.717) is 6.10 Å². The van der Waals surface area contributed by atoms with Crippen LogP contribution in [0.4, 0.5) is 0 Å². The van der Waals surface area contributed by atoms with Gasteiger partial charge in [-0.25, -0.2) is 0 Å². The summed E-state index contributed by atoms with van der Waals surface area (Å²) < 4.78 is 11.0. The molecular formula is C11H22O2Si2. The zero-order chi connectivity index (χ0) is 11.5. The van der Waals surface area contributed by atoms with E-state index in [1.54, 1.807) is 7.11 Å². The summed E-state index contributed by atoms with van der Waals surface area (Å²) in [6, 6.07) is 1.39. The molecule has 1 heterocycles. The maximum absolute atomic E-state index is 6.28. The minimum absolute atomic E-state index is 0.356. The summed E-state index contributed by atoms with van der Waals surface area (Å²) in [7, 11) is -0.881. The first kappa shape index (κ1) is 12.8. The number of methoxy groups -OCH3 is 1. The Morgan fingerprint density at radius 1 is 1.33 bits per heavy atom. The lowest BCUT2D eigenvalue weighted by molar-refractivity contribution is 0.191. The molecule has 1 aliphatic heterocycles. The van der Waals surface area contributed by atoms with Crippen LogP contribution in [0, 0.1) is 12.0 Å². The summed E-state index contributed by atoms with van der Waals surface area (Å²) in [5.74, 6) is 3.01. The standard InChI is InChI=1S/C11H22O2Si2/c1-12-9-6-7-11-8-10-14(2,3)15(4,5)13-11/h11H,7-8,10H2,1-5H3. The third kappa shape index (κ3) is 3.10. The monoisotopic (exact) mass is 242 g/mol. The Labute approximate surface area is 95.3 Å². The highest BCUT2D eigenvalue weighted by Gasteiger charge is 2.47. The number of hydrogen-bond donors (Lipinski definition) is 0. The van der Waals surface area contributed by atoms with Crippen molar-refractivity contribution in [3.05, 3.63) is 0 Å². The van der Waals surface area contributed by atoms with Crippen LogP contribution in [0.2, 0.25) is 32.2 Å². The van der Waals surface area contributed by atoms with E-state index in [9.17, 15) is 0 Å². The van der Waals surface area contributed by atoms with Crippen molar-refractivity contribution in [2.24, 2.45) is 0 Å². The smallest absolute Gasteiger partial charge is 0.174 e. The fraction of sp³-hybridized carbons (Fsp3) is 0.818. The van der Waals surface area contributed by atoms with Gasteiger partial charge in [0, 0.05) is 6.42 Å². The predicted molar refractivity (Wildman–Crippen MR) is 68.7 cm³/mol. The molecule has 1 saturated heterocycles. The van der Waals surface area contributed by atoms with E-state index in [2.05, 4.69) is 38.2 Å². The molecule has 0 aromatic heterocycles. The second-order valence-corrected chi connectivity index (χ2v) is 20.6. The molecule has 1 unspecified atom stereocenters. The first-order chi connectivity index (χ1) is 6.89. The van der Waals surface area contributed by atoms with E-state index >= 15 is 0 Å². The van der Waals surface area contributed by atoms with Crippen LogP contribution in [0.15, 0.2) is 0 Å². The first-order valence-corrected chi connectivity index (χ1v) is 12.7. The van der Waals surface area contributed by atoms with Gasteiger partial charge in [-0.3, -0.25) is 0 Å². The Bertz CT molecular complexity index is 276. The van der Waals surface area contributed by atoms with Crippen molar-refractivity contribution >= 4 is 15.4 Å². The van der Waals surface area contributed by atoms with E-state index in [-0.39, 0.29) is 0 Å². The quantitative estimate of drug-likeness (QED) is 0.520. The van der Waals surface area contributed by atoms with Gasteiger partial charge in [0.15, 0.2) is 7.83 Å². The van der Waals surface area contributed by atoms with E-state index < -0.39 is 15.4 Å². The molecule has 0 N–H and O–H groups in total. The molecule has 0 spiro atoms. The van der Waals surface area contributed by atoms with E-state index in [4.69, 9.17) is 9.16 Å². The highest BCUT2D eigenvalue weighted by molar-refractivity contribution is 7.38. The molecule has 4 heteroatoms. The van der Waals surface area contributed by atoms with Crippen molar-refractivity contribution in [2.45, 2.75) is 51.2 Å². The van der Waals surface area contributed by atoms with E-state index in [1.165, 1.54) is 12.5 Å². The summed E-state index contributed by atoms with van der Waals surface area (Å²) in [6.45, 7) is 9.68. The van der Waals surface area contributed by atoms with Crippen molar-refractivity contribution in [1.29, 1.82) is 0 Å². The Morgan fingerprint density at radius 2 is 2.00 bits per heavy atom. The van der Waals surface area contributed by atoms with Crippen LogP contribution in [-0.4, -0.2) is 28.6 Å². The molecule has 2 nitrogen and oxygen atoms in total. The van der Waals surface area contributed by atoms with Crippen molar-refractivity contribution in [3.8, 4) is 12.0 Å². The predicted octanol–water partition coefficient (Wildman–Crippen LogP) is 2.76. The second-order valence-electron chi connectivity index (χ2n) is 5.36. The van der Waals surface area contributed by atoms with E-state index in [1.807, 2.05) is 0 Å². The van der Waals surface area contributed by atoms with Crippen LogP contribution in [-0.2, 0) is 9.16 Å². The summed E-state index contributed by atoms with van der Waals surface area (Å²) in [5, 5.41) is 0. The maximum atomic E-state index is 6.28. The van der Waals surface area contributed by atoms with Crippen LogP contribution in [0.3, 0.4) is 0 Å². The molecule has 86 valence electrons. The highest BCUT2D eigenvalue weighted by atomic mass is 29.3. The van der Waals surface area contributed by atoms with Crippen LogP contribution < -0.4 is 0 Å². The lowest BCUT2D eigenvalue weighted by atomic mass is 10.2. The molecule has 15 heavy (non-hydrogen) atoms. The molecule has 0 aliphatic carbocycles. The van der Waals surface area contributed by atoms with Crippen LogP contribution in [0.25, 0.3) is 0 Å². The fourth-order valence-corrected chi connectivity index (χ4v) is 8.52. The van der Waals surface area contributed by atoms with Crippen LogP contribution in [0.1, 0.15) is 12.8 Å². The highest BCUT2D eigenvalue weighted by Crippen LogP contribution is 2.34. The van der Waals surface area contributed by atoms with Gasteiger partial charge in [-0.1, -0.05) is 25.1 Å². The van der Waals surface area contributed by atoms with Crippen LogP contribution in [0.5, 0.6) is 0 Å². The molecule has 1 atom stereocenters. The van der Waals surface area contributed by atoms with Gasteiger partial charge in [0.05, 0.1) is 20.8 Å². The van der Waals surface area contributed by atoms with Crippen molar-refractivity contribution in [2.75, 3.05) is 7.11 Å². The first-order valence-electron chi connectivity index (χ1n) is 5.58. The molecule has 0 aromatic carbocycles. The van der Waals surface area contributed by atoms with Gasteiger partial charge in [-0.15, -0.1) is 0 Å². The third-order valence-electron chi connectivity index (χ3n) is 3.69. The number of hydrogen-bond acceptors (Lipinski definition) is 2. The van der Waals surface area contributed by atoms with Crippen molar-refractivity contribution in [3.63, 3.8) is 0 Å². The summed E-state index contributed by atoms with van der Waals surface area (Å²) >= 11 is 0. The minimum Gasteiger partial charge on any atom is -0.450 e. The Morgan fingerprint density at radius 3 is 2.53 bits per heavy atom. The number of ether oxygens (including phenoxy) is 1. The SMILES string of the molecule is COC#CCC1CC[Si](C)(C)[Si](C)(C)O1. The van der Waals surface area contributed by atoms with Gasteiger partial charge in [0.2, 0.25) is 0 Å². The average Bonchev–Trinajstić information content (AvgIpc) is 2.12. The summed E-state index contributed by atoms with van der Waals surface area (Å²) in [6.07, 6.45) is 5.01.